The number of carbonyl (C=O) groups is 2. The summed E-state index contributed by atoms with van der Waals surface area (Å²) in [6.45, 7) is 2.25. The van der Waals surface area contributed by atoms with E-state index in [4.69, 9.17) is 16.2 Å². The average molecular weight is 572 g/mol. The molecular weight excluding hydrogens is 546 g/mol. The van der Waals surface area contributed by atoms with Gasteiger partial charge in [-0.25, -0.2) is 9.78 Å². The molecule has 0 saturated heterocycles. The molecule has 1 aromatic heterocycles. The van der Waals surface area contributed by atoms with Gasteiger partial charge in [-0.1, -0.05) is 36.0 Å². The Kier molecular flexibility index (Phi) is 9.72. The van der Waals surface area contributed by atoms with E-state index in [0.29, 0.717) is 34.7 Å². The summed E-state index contributed by atoms with van der Waals surface area (Å²) < 4.78 is 7.67. The molecule has 12 heteroatoms. The third-order valence-electron chi connectivity index (χ3n) is 5.13. The number of ether oxygens (including phenoxy) is 1. The lowest BCUT2D eigenvalue weighted by molar-refractivity contribution is -0.147. The van der Waals surface area contributed by atoms with Gasteiger partial charge in [0.25, 0.3) is 0 Å². The van der Waals surface area contributed by atoms with E-state index in [0.717, 1.165) is 16.5 Å². The Hall–Kier alpha value is -3.56. The lowest BCUT2D eigenvalue weighted by Crippen LogP contribution is -2.42. The van der Waals surface area contributed by atoms with Crippen molar-refractivity contribution in [2.24, 2.45) is 16.5 Å². The van der Waals surface area contributed by atoms with E-state index >= 15 is 0 Å². The van der Waals surface area contributed by atoms with Crippen LogP contribution >= 0.6 is 27.7 Å². The zero-order chi connectivity index (χ0) is 26.1. The number of hydrogen-bond acceptors (Lipinski definition) is 7. The number of hydrogen-bond donors (Lipinski definition) is 3. The van der Waals surface area contributed by atoms with Gasteiger partial charge in [-0.3, -0.25) is 14.4 Å². The number of guanidine groups is 1. The highest BCUT2D eigenvalue weighted by Crippen LogP contribution is 2.32. The summed E-state index contributed by atoms with van der Waals surface area (Å²) in [6, 6.07) is 12.6. The minimum atomic E-state index is -0.804. The zero-order valence-corrected chi connectivity index (χ0v) is 22.0. The number of nitrogens with zero attached hydrogens (tertiary/aromatic N) is 4. The standard InChI is InChI=1S/C24H26BrN7O3S/c1-2-35-22(34)18(8-5-11-29-23(27)28)31-21(33)14-36-24-30-13-20(25)32(24)19-10-9-15(12-26)16-6-3-4-7-17(16)19/h3-4,6-7,9-10,13,18H,2,5,8,11,14H2,1H3,(H,31,33)(H4,27,28,29). The molecule has 1 heterocycles. The number of aromatic nitrogens is 2. The number of aliphatic imine (C=N–C) groups is 1. The van der Waals surface area contributed by atoms with Gasteiger partial charge in [0, 0.05) is 17.3 Å². The molecule has 5 N–H and O–H groups in total. The Balaban J connectivity index is 1.75. The van der Waals surface area contributed by atoms with E-state index in [2.05, 4.69) is 37.3 Å². The Morgan fingerprint density at radius 2 is 2.03 bits per heavy atom. The molecule has 0 radical (unpaired) electrons. The third kappa shape index (κ3) is 6.77. The number of esters is 1. The highest BCUT2D eigenvalue weighted by molar-refractivity contribution is 9.10. The van der Waals surface area contributed by atoms with Crippen molar-refractivity contribution in [3.05, 3.63) is 52.8 Å². The van der Waals surface area contributed by atoms with Crippen LogP contribution in [0.5, 0.6) is 0 Å². The highest BCUT2D eigenvalue weighted by atomic mass is 79.9. The first-order valence-corrected chi connectivity index (χ1v) is 12.9. The van der Waals surface area contributed by atoms with Crippen LogP contribution in [0.1, 0.15) is 25.3 Å². The van der Waals surface area contributed by atoms with E-state index in [9.17, 15) is 14.9 Å². The van der Waals surface area contributed by atoms with Crippen LogP contribution in [0.15, 0.2) is 57.3 Å². The van der Waals surface area contributed by atoms with Gasteiger partial charge >= 0.3 is 5.97 Å². The Labute approximate surface area is 221 Å². The predicted molar refractivity (Wildman–Crippen MR) is 143 cm³/mol. The molecule has 10 nitrogen and oxygen atoms in total. The molecule has 36 heavy (non-hydrogen) atoms. The molecule has 0 saturated carbocycles. The van der Waals surface area contributed by atoms with E-state index in [1.807, 2.05) is 34.9 Å². The van der Waals surface area contributed by atoms with Crippen LogP contribution in [0.3, 0.4) is 0 Å². The van der Waals surface area contributed by atoms with Gasteiger partial charge in [0.2, 0.25) is 5.91 Å². The summed E-state index contributed by atoms with van der Waals surface area (Å²) in [5.41, 5.74) is 12.1. The number of halogens is 1. The normalized spacial score (nSPS) is 11.5. The maximum atomic E-state index is 12.7. The van der Waals surface area contributed by atoms with Crippen LogP contribution < -0.4 is 16.8 Å². The topological polar surface area (TPSA) is 161 Å². The average Bonchev–Trinajstić information content (AvgIpc) is 3.23. The fourth-order valence-electron chi connectivity index (χ4n) is 3.57. The number of imidazole rings is 1. The van der Waals surface area contributed by atoms with Crippen LogP contribution in [0.2, 0.25) is 0 Å². The van der Waals surface area contributed by atoms with Crippen LogP contribution in [0.4, 0.5) is 0 Å². The van der Waals surface area contributed by atoms with Crippen molar-refractivity contribution in [1.29, 1.82) is 5.26 Å². The molecule has 0 aliphatic carbocycles. The fourth-order valence-corrected chi connectivity index (χ4v) is 4.95. The Morgan fingerprint density at radius 1 is 1.28 bits per heavy atom. The molecule has 0 spiro atoms. The largest absolute Gasteiger partial charge is 0.464 e. The minimum Gasteiger partial charge on any atom is -0.464 e. The lowest BCUT2D eigenvalue weighted by atomic mass is 10.0. The second-order valence-electron chi connectivity index (χ2n) is 7.60. The number of thioether (sulfide) groups is 1. The summed E-state index contributed by atoms with van der Waals surface area (Å²) in [5.74, 6) is -0.842. The van der Waals surface area contributed by atoms with Crippen LogP contribution in [0, 0.1) is 11.3 Å². The predicted octanol–water partition coefficient (Wildman–Crippen LogP) is 2.85. The van der Waals surface area contributed by atoms with E-state index in [1.54, 1.807) is 19.2 Å². The second-order valence-corrected chi connectivity index (χ2v) is 9.35. The number of nitriles is 1. The van der Waals surface area contributed by atoms with E-state index in [1.165, 1.54) is 11.8 Å². The molecule has 3 aromatic rings. The summed E-state index contributed by atoms with van der Waals surface area (Å²) in [5, 5.41) is 14.5. The number of carbonyl (C=O) groups excluding carboxylic acids is 2. The smallest absolute Gasteiger partial charge is 0.328 e. The Bertz CT molecular complexity index is 1310. The third-order valence-corrected chi connectivity index (χ3v) is 6.64. The molecule has 188 valence electrons. The maximum Gasteiger partial charge on any atom is 0.328 e. The SMILES string of the molecule is CCOC(=O)C(CCCN=C(N)N)NC(=O)CSc1ncc(Br)n1-c1ccc(C#N)c2ccccc12. The molecule has 3 rings (SSSR count). The monoisotopic (exact) mass is 571 g/mol. The van der Waals surface area contributed by atoms with Gasteiger partial charge in [0.05, 0.1) is 35.9 Å². The van der Waals surface area contributed by atoms with Crippen LogP contribution in [0.25, 0.3) is 16.5 Å². The highest BCUT2D eigenvalue weighted by Gasteiger charge is 2.22. The summed E-state index contributed by atoms with van der Waals surface area (Å²) in [6.07, 6.45) is 2.49. The van der Waals surface area contributed by atoms with Crippen molar-refractivity contribution in [1.82, 2.24) is 14.9 Å². The molecule has 0 aliphatic heterocycles. The summed E-state index contributed by atoms with van der Waals surface area (Å²) >= 11 is 4.76. The van der Waals surface area contributed by atoms with Gasteiger partial charge in [0.15, 0.2) is 11.1 Å². The van der Waals surface area contributed by atoms with Crippen molar-refractivity contribution in [2.75, 3.05) is 18.9 Å². The quantitative estimate of drug-likeness (QED) is 0.104. The molecule has 0 aliphatic rings. The number of nitrogens with two attached hydrogens (primary N) is 2. The van der Waals surface area contributed by atoms with E-state index in [-0.39, 0.29) is 24.2 Å². The van der Waals surface area contributed by atoms with Crippen LogP contribution in [-0.4, -0.2) is 52.3 Å². The first kappa shape index (κ1) is 27.0. The zero-order valence-electron chi connectivity index (χ0n) is 19.6. The molecule has 1 amide bonds. The van der Waals surface area contributed by atoms with Crippen LogP contribution in [-0.2, 0) is 14.3 Å². The molecule has 1 unspecified atom stereocenters. The number of nitrogens with one attached hydrogen (secondary N) is 1. The number of amides is 1. The van der Waals surface area contributed by atoms with Crippen molar-refractivity contribution >= 4 is 56.3 Å². The number of fused-ring (bicyclic) bond motifs is 1. The number of rotatable bonds is 11. The van der Waals surface area contributed by atoms with E-state index < -0.39 is 12.0 Å². The van der Waals surface area contributed by atoms with Gasteiger partial charge < -0.3 is 21.5 Å². The maximum absolute atomic E-state index is 12.7. The van der Waals surface area contributed by atoms with Gasteiger partial charge in [0.1, 0.15) is 10.6 Å². The molecule has 1 atom stereocenters. The first-order valence-electron chi connectivity index (χ1n) is 11.1. The van der Waals surface area contributed by atoms with Crippen molar-refractivity contribution in [3.8, 4) is 11.8 Å². The van der Waals surface area contributed by atoms with Gasteiger partial charge in [-0.05, 0) is 47.8 Å². The second kappa shape index (κ2) is 12.9. The van der Waals surface area contributed by atoms with Crippen molar-refractivity contribution in [2.45, 2.75) is 31.0 Å². The minimum absolute atomic E-state index is 0.0279. The van der Waals surface area contributed by atoms with Gasteiger partial charge in [-0.15, -0.1) is 0 Å². The molecule has 2 aromatic carbocycles. The summed E-state index contributed by atoms with van der Waals surface area (Å²) in [7, 11) is 0. The molecule has 0 fully saturated rings. The van der Waals surface area contributed by atoms with Gasteiger partial charge in [-0.2, -0.15) is 5.26 Å². The fraction of sp³-hybridized carbons (Fsp3) is 0.292. The molecular formula is C24H26BrN7O3S. The molecule has 0 bridgehead atoms. The van der Waals surface area contributed by atoms with Crippen molar-refractivity contribution in [3.63, 3.8) is 0 Å². The lowest BCUT2D eigenvalue weighted by Gasteiger charge is -2.17. The Morgan fingerprint density at radius 3 is 2.72 bits per heavy atom. The van der Waals surface area contributed by atoms with Crippen molar-refractivity contribution < 1.29 is 14.3 Å². The number of benzene rings is 2. The summed E-state index contributed by atoms with van der Waals surface area (Å²) in [4.78, 5) is 33.4. The first-order chi connectivity index (χ1) is 17.3.